The number of quaternary nitrogens is 1. The number of carbonyl (C=O) groups excluding carboxylic acids is 1. The summed E-state index contributed by atoms with van der Waals surface area (Å²) < 4.78 is 23.5. The van der Waals surface area contributed by atoms with E-state index in [1.165, 1.54) is 24.1 Å². The zero-order valence-corrected chi connectivity index (χ0v) is 11.5. The average molecular weight is 290 g/mol. The lowest BCUT2D eigenvalue weighted by Gasteiger charge is -2.22. The van der Waals surface area contributed by atoms with E-state index in [1.54, 1.807) is 6.07 Å². The normalized spacial score (nSPS) is 15.7. The summed E-state index contributed by atoms with van der Waals surface area (Å²) in [6.45, 7) is 3.39. The number of hydrogen-bond acceptors (Lipinski definition) is 3. The number of hydrogen-bond donors (Lipinski definition) is 1. The second-order valence-corrected chi connectivity index (χ2v) is 4.31. The molecule has 1 saturated heterocycles. The van der Waals surface area contributed by atoms with Gasteiger partial charge in [0, 0.05) is 5.56 Å². The molecule has 0 bridgehead atoms. The maximum Gasteiger partial charge on any atom is 0.216 e. The molecule has 1 fully saturated rings. The molecule has 1 heterocycles. The van der Waals surface area contributed by atoms with E-state index in [-0.39, 0.29) is 23.9 Å². The lowest BCUT2D eigenvalue weighted by molar-refractivity contribution is -0.899. The molecule has 0 aliphatic carbocycles. The van der Waals surface area contributed by atoms with E-state index in [4.69, 9.17) is 9.47 Å². The van der Waals surface area contributed by atoms with Gasteiger partial charge in [0.2, 0.25) is 5.78 Å². The molecule has 0 amide bonds. The minimum Gasteiger partial charge on any atom is -1.00 e. The number of ketones is 1. The van der Waals surface area contributed by atoms with Crippen LogP contribution >= 0.6 is 0 Å². The van der Waals surface area contributed by atoms with Gasteiger partial charge in [-0.25, -0.2) is 4.39 Å². The van der Waals surface area contributed by atoms with E-state index in [1.807, 2.05) is 0 Å². The van der Waals surface area contributed by atoms with E-state index in [0.717, 1.165) is 13.1 Å². The molecular weight excluding hydrogens is 273 g/mol. The quantitative estimate of drug-likeness (QED) is 0.598. The van der Waals surface area contributed by atoms with Crippen molar-refractivity contribution in [1.29, 1.82) is 0 Å². The maximum atomic E-state index is 13.5. The van der Waals surface area contributed by atoms with E-state index >= 15 is 0 Å². The van der Waals surface area contributed by atoms with Gasteiger partial charge in [-0.05, 0) is 18.2 Å². The highest BCUT2D eigenvalue weighted by atomic mass is 35.5. The molecule has 0 unspecified atom stereocenters. The summed E-state index contributed by atoms with van der Waals surface area (Å²) in [6, 6.07) is 4.32. The Balaban J connectivity index is 0.00000180. The van der Waals surface area contributed by atoms with Crippen LogP contribution in [0.2, 0.25) is 0 Å². The van der Waals surface area contributed by atoms with Crippen molar-refractivity contribution in [2.45, 2.75) is 0 Å². The van der Waals surface area contributed by atoms with Crippen LogP contribution in [0.1, 0.15) is 10.4 Å². The Morgan fingerprint density at radius 1 is 1.42 bits per heavy atom. The van der Waals surface area contributed by atoms with Crippen LogP contribution in [0.15, 0.2) is 18.2 Å². The van der Waals surface area contributed by atoms with Gasteiger partial charge in [0.05, 0.1) is 20.3 Å². The number of carbonyl (C=O) groups is 1. The predicted octanol–water partition coefficient (Wildman–Crippen LogP) is -3.06. The standard InChI is InChI=1S/C13H16FNO3.ClH/c1-17-13-3-2-10(8-11(13)14)12(16)9-15-4-6-18-7-5-15;/h2-3,8H,4-7,9H2,1H3;1H. The second kappa shape index (κ2) is 7.43. The highest BCUT2D eigenvalue weighted by molar-refractivity contribution is 5.97. The number of nitrogens with one attached hydrogen (secondary N) is 1. The van der Waals surface area contributed by atoms with Gasteiger partial charge < -0.3 is 26.8 Å². The zero-order chi connectivity index (χ0) is 13.0. The molecule has 6 heteroatoms. The first-order chi connectivity index (χ1) is 8.70. The van der Waals surface area contributed by atoms with Gasteiger partial charge >= 0.3 is 0 Å². The first kappa shape index (κ1) is 15.9. The summed E-state index contributed by atoms with van der Waals surface area (Å²) in [5, 5.41) is 0. The van der Waals surface area contributed by atoms with Crippen LogP contribution in [0.3, 0.4) is 0 Å². The summed E-state index contributed by atoms with van der Waals surface area (Å²) >= 11 is 0. The minimum atomic E-state index is -0.500. The number of Topliss-reactive ketones (excluding diaryl/α,β-unsaturated/α-hetero) is 1. The van der Waals surface area contributed by atoms with Gasteiger partial charge in [-0.15, -0.1) is 0 Å². The molecular formula is C13H17ClFNO3. The summed E-state index contributed by atoms with van der Waals surface area (Å²) in [7, 11) is 1.40. The second-order valence-electron chi connectivity index (χ2n) is 4.31. The molecule has 19 heavy (non-hydrogen) atoms. The van der Waals surface area contributed by atoms with Crippen molar-refractivity contribution in [3.63, 3.8) is 0 Å². The Kier molecular flexibility index (Phi) is 6.21. The van der Waals surface area contributed by atoms with Gasteiger partial charge in [-0.2, -0.15) is 0 Å². The predicted molar refractivity (Wildman–Crippen MR) is 63.7 cm³/mol. The third kappa shape index (κ3) is 4.16. The molecule has 1 aromatic rings. The summed E-state index contributed by atoms with van der Waals surface area (Å²) in [4.78, 5) is 13.2. The summed E-state index contributed by atoms with van der Waals surface area (Å²) in [6.07, 6.45) is 0. The van der Waals surface area contributed by atoms with Crippen LogP contribution in [-0.4, -0.2) is 45.7 Å². The van der Waals surface area contributed by atoms with Gasteiger partial charge in [0.25, 0.3) is 0 Å². The van der Waals surface area contributed by atoms with E-state index < -0.39 is 5.82 Å². The van der Waals surface area contributed by atoms with Crippen LogP contribution in [-0.2, 0) is 4.74 Å². The van der Waals surface area contributed by atoms with Crippen LogP contribution in [0.4, 0.5) is 4.39 Å². The van der Waals surface area contributed by atoms with Crippen LogP contribution < -0.4 is 22.0 Å². The Labute approximate surface area is 117 Å². The van der Waals surface area contributed by atoms with Gasteiger partial charge in [0.1, 0.15) is 19.6 Å². The molecule has 106 valence electrons. The fraction of sp³-hybridized carbons (Fsp3) is 0.462. The Hall–Kier alpha value is -1.17. The number of methoxy groups -OCH3 is 1. The Morgan fingerprint density at radius 3 is 2.68 bits per heavy atom. The molecule has 1 aromatic carbocycles. The fourth-order valence-electron chi connectivity index (χ4n) is 2.01. The van der Waals surface area contributed by atoms with Crippen molar-refractivity contribution in [3.8, 4) is 5.75 Å². The van der Waals surface area contributed by atoms with Crippen LogP contribution in [0.5, 0.6) is 5.75 Å². The Bertz CT molecular complexity index is 436. The minimum absolute atomic E-state index is 0. The van der Waals surface area contributed by atoms with E-state index in [2.05, 4.69) is 0 Å². The average Bonchev–Trinajstić information content (AvgIpc) is 2.39. The van der Waals surface area contributed by atoms with Crippen LogP contribution in [0, 0.1) is 5.82 Å². The van der Waals surface area contributed by atoms with Crippen LogP contribution in [0.25, 0.3) is 0 Å². The molecule has 0 spiro atoms. The van der Waals surface area contributed by atoms with Crippen molar-refractivity contribution in [1.82, 2.24) is 0 Å². The number of ether oxygens (including phenoxy) is 2. The topological polar surface area (TPSA) is 40.0 Å². The third-order valence-electron chi connectivity index (χ3n) is 3.08. The lowest BCUT2D eigenvalue weighted by atomic mass is 10.1. The van der Waals surface area contributed by atoms with Crippen molar-refractivity contribution in [2.24, 2.45) is 0 Å². The lowest BCUT2D eigenvalue weighted by Crippen LogP contribution is -3.14. The van der Waals surface area contributed by atoms with Crippen molar-refractivity contribution in [2.75, 3.05) is 40.0 Å². The molecule has 1 aliphatic rings. The smallest absolute Gasteiger partial charge is 0.216 e. The zero-order valence-electron chi connectivity index (χ0n) is 10.7. The molecule has 0 atom stereocenters. The molecule has 1 aliphatic heterocycles. The van der Waals surface area contributed by atoms with Gasteiger partial charge in [0.15, 0.2) is 11.6 Å². The van der Waals surface area contributed by atoms with Crippen molar-refractivity contribution < 1.29 is 36.0 Å². The van der Waals surface area contributed by atoms with Gasteiger partial charge in [-0.3, -0.25) is 4.79 Å². The first-order valence-corrected chi connectivity index (χ1v) is 5.99. The third-order valence-corrected chi connectivity index (χ3v) is 3.08. The molecule has 4 nitrogen and oxygen atoms in total. The number of rotatable bonds is 4. The summed E-state index contributed by atoms with van der Waals surface area (Å²) in [5.74, 6) is -0.390. The highest BCUT2D eigenvalue weighted by Crippen LogP contribution is 2.17. The fourth-order valence-corrected chi connectivity index (χ4v) is 2.01. The largest absolute Gasteiger partial charge is 1.00 e. The molecule has 0 aromatic heterocycles. The Morgan fingerprint density at radius 2 is 2.11 bits per heavy atom. The first-order valence-electron chi connectivity index (χ1n) is 5.99. The maximum absolute atomic E-state index is 13.5. The number of halogens is 2. The monoisotopic (exact) mass is 289 g/mol. The van der Waals surface area contributed by atoms with Gasteiger partial charge in [-0.1, -0.05) is 0 Å². The summed E-state index contributed by atoms with van der Waals surface area (Å²) in [5.41, 5.74) is 0.396. The highest BCUT2D eigenvalue weighted by Gasteiger charge is 2.19. The van der Waals surface area contributed by atoms with Crippen molar-refractivity contribution in [3.05, 3.63) is 29.6 Å². The number of morpholine rings is 1. The number of benzene rings is 1. The SMILES string of the molecule is COc1ccc(C(=O)C[NH+]2CCOCC2)cc1F.[Cl-]. The van der Waals surface area contributed by atoms with Crippen molar-refractivity contribution >= 4 is 5.78 Å². The molecule has 1 N–H and O–H groups in total. The molecule has 0 radical (unpaired) electrons. The van der Waals surface area contributed by atoms with E-state index in [9.17, 15) is 9.18 Å². The van der Waals surface area contributed by atoms with E-state index in [0.29, 0.717) is 25.3 Å². The molecule has 0 saturated carbocycles. The molecule has 2 rings (SSSR count).